The maximum absolute atomic E-state index is 12.2. The summed E-state index contributed by atoms with van der Waals surface area (Å²) in [6, 6.07) is 6.10. The number of nitrogens with zero attached hydrogens (tertiary/aromatic N) is 1. The first kappa shape index (κ1) is 17.8. The molecule has 0 bridgehead atoms. The van der Waals surface area contributed by atoms with Crippen molar-refractivity contribution in [2.45, 2.75) is 11.3 Å². The highest BCUT2D eigenvalue weighted by molar-refractivity contribution is 8.00. The van der Waals surface area contributed by atoms with Gasteiger partial charge in [0, 0.05) is 25.0 Å². The summed E-state index contributed by atoms with van der Waals surface area (Å²) in [6.07, 6.45) is 0.903. The van der Waals surface area contributed by atoms with Crippen LogP contribution in [0, 0.1) is 0 Å². The van der Waals surface area contributed by atoms with Gasteiger partial charge in [0.2, 0.25) is 0 Å². The Morgan fingerprint density at radius 2 is 2.19 bits per heavy atom. The normalized spacial score (nSPS) is 12.5. The molecule has 0 aliphatic heterocycles. The fraction of sp³-hybridized carbons (Fsp3) is 0.462. The zero-order chi connectivity index (χ0) is 15.7. The number of rotatable bonds is 9. The maximum Gasteiger partial charge on any atom is 0.179 e. The predicted molar refractivity (Wildman–Crippen MR) is 84.8 cm³/mol. The molecule has 1 aromatic rings. The van der Waals surface area contributed by atoms with Gasteiger partial charge in [-0.25, -0.2) is 8.42 Å². The molecule has 0 amide bonds. The van der Waals surface area contributed by atoms with Crippen LogP contribution in [-0.4, -0.2) is 50.4 Å². The first-order valence-corrected chi connectivity index (χ1v) is 9.19. The van der Waals surface area contributed by atoms with Crippen molar-refractivity contribution in [3.05, 3.63) is 29.8 Å². The molecule has 118 valence electrons. The molecule has 1 rings (SSSR count). The Kier molecular flexibility index (Phi) is 7.55. The zero-order valence-electron chi connectivity index (χ0n) is 11.9. The van der Waals surface area contributed by atoms with Crippen molar-refractivity contribution in [2.75, 3.05) is 31.0 Å². The van der Waals surface area contributed by atoms with E-state index in [1.54, 1.807) is 31.0 Å². The zero-order valence-corrected chi connectivity index (χ0v) is 13.5. The van der Waals surface area contributed by atoms with Gasteiger partial charge in [-0.15, -0.1) is 0 Å². The molecule has 0 saturated heterocycles. The van der Waals surface area contributed by atoms with Gasteiger partial charge in [0.05, 0.1) is 10.6 Å². The Balaban J connectivity index is 2.62. The lowest BCUT2D eigenvalue weighted by molar-refractivity contribution is 0.200. The van der Waals surface area contributed by atoms with Gasteiger partial charge in [0.1, 0.15) is 0 Å². The lowest BCUT2D eigenvalue weighted by atomic mass is 10.2. The van der Waals surface area contributed by atoms with Gasteiger partial charge in [-0.3, -0.25) is 0 Å². The second kappa shape index (κ2) is 8.91. The topological polar surface area (TPSA) is 102 Å². The Labute approximate surface area is 129 Å². The van der Waals surface area contributed by atoms with E-state index in [9.17, 15) is 8.42 Å². The third-order valence-corrected chi connectivity index (χ3v) is 5.77. The van der Waals surface area contributed by atoms with Crippen molar-refractivity contribution in [3.63, 3.8) is 0 Å². The Morgan fingerprint density at radius 3 is 2.86 bits per heavy atom. The van der Waals surface area contributed by atoms with Gasteiger partial charge in [0.25, 0.3) is 0 Å². The highest BCUT2D eigenvalue weighted by atomic mass is 32.2. The molecule has 0 atom stereocenters. The van der Waals surface area contributed by atoms with Crippen molar-refractivity contribution < 1.29 is 18.4 Å². The van der Waals surface area contributed by atoms with Crippen LogP contribution in [0.1, 0.15) is 12.0 Å². The lowest BCUT2D eigenvalue weighted by Gasteiger charge is -2.06. The van der Waals surface area contributed by atoms with Gasteiger partial charge in [-0.1, -0.05) is 17.3 Å². The number of ether oxygens (including phenoxy) is 1. The molecule has 0 saturated carbocycles. The smallest absolute Gasteiger partial charge is 0.179 e. The highest BCUT2D eigenvalue weighted by Crippen LogP contribution is 2.15. The molecule has 0 unspecified atom stereocenters. The molecule has 0 aliphatic carbocycles. The largest absolute Gasteiger partial charge is 0.409 e. The molecule has 0 aliphatic rings. The molecule has 0 radical (unpaired) electrons. The van der Waals surface area contributed by atoms with Crippen molar-refractivity contribution in [1.82, 2.24) is 0 Å². The monoisotopic (exact) mass is 332 g/mol. The van der Waals surface area contributed by atoms with E-state index in [-0.39, 0.29) is 16.5 Å². The van der Waals surface area contributed by atoms with Gasteiger partial charge < -0.3 is 15.7 Å². The van der Waals surface area contributed by atoms with E-state index in [2.05, 4.69) is 5.16 Å². The fourth-order valence-electron chi connectivity index (χ4n) is 1.60. The van der Waals surface area contributed by atoms with E-state index >= 15 is 0 Å². The number of hydrogen-bond donors (Lipinski definition) is 2. The fourth-order valence-corrected chi connectivity index (χ4v) is 4.30. The molecule has 0 heterocycles. The molecular formula is C13H20N2O4S2. The van der Waals surface area contributed by atoms with Gasteiger partial charge in [0.15, 0.2) is 15.7 Å². The van der Waals surface area contributed by atoms with Gasteiger partial charge in [-0.2, -0.15) is 11.8 Å². The lowest BCUT2D eigenvalue weighted by Crippen LogP contribution is -2.15. The summed E-state index contributed by atoms with van der Waals surface area (Å²) in [5.41, 5.74) is 5.84. The van der Waals surface area contributed by atoms with Crippen molar-refractivity contribution in [2.24, 2.45) is 10.9 Å². The maximum atomic E-state index is 12.2. The number of oxime groups is 1. The number of nitrogens with two attached hydrogens (primary N) is 1. The van der Waals surface area contributed by atoms with Crippen LogP contribution in [0.3, 0.4) is 0 Å². The summed E-state index contributed by atoms with van der Waals surface area (Å²) in [5, 5.41) is 11.5. The number of hydrogen-bond acceptors (Lipinski definition) is 6. The summed E-state index contributed by atoms with van der Waals surface area (Å²) in [7, 11) is -1.72. The van der Waals surface area contributed by atoms with E-state index in [1.807, 2.05) is 0 Å². The van der Waals surface area contributed by atoms with Crippen molar-refractivity contribution >= 4 is 27.4 Å². The van der Waals surface area contributed by atoms with E-state index in [0.717, 1.165) is 12.2 Å². The van der Waals surface area contributed by atoms with Crippen molar-refractivity contribution in [1.29, 1.82) is 0 Å². The Bertz CT molecular complexity index is 573. The summed E-state index contributed by atoms with van der Waals surface area (Å²) in [4.78, 5) is 0.184. The van der Waals surface area contributed by atoms with Crippen LogP contribution in [-0.2, 0) is 14.6 Å². The van der Waals surface area contributed by atoms with E-state index in [0.29, 0.717) is 17.9 Å². The predicted octanol–water partition coefficient (Wildman–Crippen LogP) is 1.32. The standard InChI is InChI=1S/C13H20N2O4S2/c1-19-6-3-7-20-8-9-21(17,18)12-5-2-4-11(10-12)13(14)15-16/h2,4-5,10,16H,3,6-9H2,1H3,(H2,14,15). The van der Waals surface area contributed by atoms with Crippen molar-refractivity contribution in [3.8, 4) is 0 Å². The third-order valence-electron chi connectivity index (χ3n) is 2.73. The first-order valence-electron chi connectivity index (χ1n) is 6.38. The van der Waals surface area contributed by atoms with Crippen LogP contribution in [0.15, 0.2) is 34.3 Å². The summed E-state index contributed by atoms with van der Waals surface area (Å²) in [6.45, 7) is 0.682. The molecule has 3 N–H and O–H groups in total. The summed E-state index contributed by atoms with van der Waals surface area (Å²) >= 11 is 1.58. The van der Waals surface area contributed by atoms with Gasteiger partial charge >= 0.3 is 0 Å². The second-order valence-electron chi connectivity index (χ2n) is 4.29. The van der Waals surface area contributed by atoms with Crippen LogP contribution in [0.25, 0.3) is 0 Å². The molecule has 0 aromatic heterocycles. The number of methoxy groups -OCH3 is 1. The number of benzene rings is 1. The molecule has 6 nitrogen and oxygen atoms in total. The van der Waals surface area contributed by atoms with Crippen LogP contribution in [0.5, 0.6) is 0 Å². The molecular weight excluding hydrogens is 312 g/mol. The van der Waals surface area contributed by atoms with E-state index < -0.39 is 9.84 Å². The number of amidine groups is 1. The van der Waals surface area contributed by atoms with Crippen LogP contribution in [0.4, 0.5) is 0 Å². The Morgan fingerprint density at radius 1 is 1.43 bits per heavy atom. The van der Waals surface area contributed by atoms with Crippen LogP contribution >= 0.6 is 11.8 Å². The van der Waals surface area contributed by atoms with Crippen LogP contribution in [0.2, 0.25) is 0 Å². The minimum absolute atomic E-state index is 0.0598. The molecule has 8 heteroatoms. The van der Waals surface area contributed by atoms with Crippen LogP contribution < -0.4 is 5.73 Å². The minimum Gasteiger partial charge on any atom is -0.409 e. The molecule has 21 heavy (non-hydrogen) atoms. The minimum atomic E-state index is -3.36. The first-order chi connectivity index (χ1) is 10.0. The Hall–Kier alpha value is -1.25. The average molecular weight is 332 g/mol. The van der Waals surface area contributed by atoms with Gasteiger partial charge in [-0.05, 0) is 24.3 Å². The molecule has 1 aromatic carbocycles. The highest BCUT2D eigenvalue weighted by Gasteiger charge is 2.15. The summed E-state index contributed by atoms with van der Waals surface area (Å²) < 4.78 is 29.3. The number of thioether (sulfide) groups is 1. The SMILES string of the molecule is COCCCSCCS(=O)(=O)c1cccc(/C(N)=N/O)c1. The quantitative estimate of drug-likeness (QED) is 0.232. The van der Waals surface area contributed by atoms with E-state index in [4.69, 9.17) is 15.7 Å². The second-order valence-corrected chi connectivity index (χ2v) is 7.62. The molecule has 0 spiro atoms. The average Bonchev–Trinajstić information content (AvgIpc) is 2.50. The van der Waals surface area contributed by atoms with E-state index in [1.165, 1.54) is 12.1 Å². The number of sulfone groups is 1. The third kappa shape index (κ3) is 5.94. The molecule has 0 fully saturated rings. The summed E-state index contributed by atoms with van der Waals surface area (Å²) in [5.74, 6) is 1.35.